The van der Waals surface area contributed by atoms with Crippen molar-refractivity contribution in [2.45, 2.75) is 23.8 Å². The molecule has 1 aliphatic heterocycles. The van der Waals surface area contributed by atoms with E-state index < -0.39 is 5.97 Å². The Morgan fingerprint density at radius 3 is 2.43 bits per heavy atom. The van der Waals surface area contributed by atoms with Crippen LogP contribution in [0, 0.1) is 0 Å². The molecule has 1 amide bonds. The van der Waals surface area contributed by atoms with Crippen molar-refractivity contribution in [2.24, 2.45) is 0 Å². The minimum Gasteiger partial charge on any atom is -0.481 e. The van der Waals surface area contributed by atoms with Crippen LogP contribution in [-0.2, 0) is 4.79 Å². The van der Waals surface area contributed by atoms with Crippen molar-refractivity contribution in [1.82, 2.24) is 5.32 Å². The van der Waals surface area contributed by atoms with E-state index in [4.69, 9.17) is 5.11 Å². The molecule has 0 saturated carbocycles. The number of benzene rings is 1. The van der Waals surface area contributed by atoms with Gasteiger partial charge in [-0.15, -0.1) is 23.5 Å². The third-order valence-corrected chi connectivity index (χ3v) is 6.27. The molecule has 1 fully saturated rings. The first-order chi connectivity index (χ1) is 10.2. The molecule has 0 aliphatic carbocycles. The standard InChI is InChI=1S/C15H19NO3S2/c17-13(18)3-1-2-8-16-14(19)11-4-6-12(7-5-11)15-20-9-10-21-15/h4-7,15H,1-3,8-10H2,(H,16,19)(H,17,18). The topological polar surface area (TPSA) is 66.4 Å². The van der Waals surface area contributed by atoms with Gasteiger partial charge in [0.15, 0.2) is 0 Å². The van der Waals surface area contributed by atoms with E-state index in [1.165, 1.54) is 17.1 Å². The normalized spacial score (nSPS) is 15.0. The molecule has 4 nitrogen and oxygen atoms in total. The smallest absolute Gasteiger partial charge is 0.303 e. The summed E-state index contributed by atoms with van der Waals surface area (Å²) < 4.78 is 0.498. The highest BCUT2D eigenvalue weighted by molar-refractivity contribution is 8.19. The van der Waals surface area contributed by atoms with Gasteiger partial charge in [-0.25, -0.2) is 0 Å². The van der Waals surface area contributed by atoms with Gasteiger partial charge >= 0.3 is 5.97 Å². The summed E-state index contributed by atoms with van der Waals surface area (Å²) in [4.78, 5) is 22.3. The maximum absolute atomic E-state index is 11.9. The fourth-order valence-corrected chi connectivity index (χ4v) is 4.91. The number of carbonyl (C=O) groups excluding carboxylic acids is 1. The molecule has 1 aromatic carbocycles. The zero-order chi connectivity index (χ0) is 15.1. The lowest BCUT2D eigenvalue weighted by atomic mass is 10.1. The Balaban J connectivity index is 1.75. The third-order valence-electron chi connectivity index (χ3n) is 3.17. The molecule has 6 heteroatoms. The SMILES string of the molecule is O=C(O)CCCCNC(=O)c1ccc(C2SCCS2)cc1. The van der Waals surface area contributed by atoms with Gasteiger partial charge in [-0.3, -0.25) is 9.59 Å². The molecule has 1 saturated heterocycles. The van der Waals surface area contributed by atoms with Gasteiger partial charge in [0, 0.05) is 30.0 Å². The number of amides is 1. The van der Waals surface area contributed by atoms with Crippen LogP contribution in [0.25, 0.3) is 0 Å². The van der Waals surface area contributed by atoms with Crippen LogP contribution in [0.1, 0.15) is 39.8 Å². The first-order valence-corrected chi connectivity index (χ1v) is 9.10. The number of aliphatic carboxylic acids is 1. The van der Waals surface area contributed by atoms with Gasteiger partial charge in [-0.2, -0.15) is 0 Å². The Kier molecular flexibility index (Phi) is 6.45. The summed E-state index contributed by atoms with van der Waals surface area (Å²) >= 11 is 3.89. The molecule has 0 spiro atoms. The second-order valence-electron chi connectivity index (χ2n) is 4.80. The number of rotatable bonds is 7. The minimum absolute atomic E-state index is 0.0939. The van der Waals surface area contributed by atoms with E-state index in [1.54, 1.807) is 0 Å². The van der Waals surface area contributed by atoms with E-state index in [1.807, 2.05) is 47.8 Å². The Labute approximate surface area is 133 Å². The van der Waals surface area contributed by atoms with E-state index in [9.17, 15) is 9.59 Å². The van der Waals surface area contributed by atoms with Gasteiger partial charge in [0.1, 0.15) is 0 Å². The molecule has 1 aliphatic rings. The second kappa shape index (κ2) is 8.34. The maximum atomic E-state index is 11.9. The van der Waals surface area contributed by atoms with E-state index in [0.717, 1.165) is 0 Å². The predicted octanol–water partition coefficient (Wildman–Crippen LogP) is 3.15. The number of nitrogens with one attached hydrogen (secondary N) is 1. The molecule has 0 radical (unpaired) electrons. The first-order valence-electron chi connectivity index (χ1n) is 7.00. The number of carbonyl (C=O) groups is 2. The lowest BCUT2D eigenvalue weighted by Gasteiger charge is -2.09. The maximum Gasteiger partial charge on any atom is 0.303 e. The van der Waals surface area contributed by atoms with E-state index in [-0.39, 0.29) is 12.3 Å². The molecule has 2 N–H and O–H groups in total. The summed E-state index contributed by atoms with van der Waals surface area (Å²) in [6.07, 6.45) is 1.43. The molecule has 114 valence electrons. The van der Waals surface area contributed by atoms with Gasteiger partial charge < -0.3 is 10.4 Å². The minimum atomic E-state index is -0.792. The summed E-state index contributed by atoms with van der Waals surface area (Å²) in [5, 5.41) is 11.3. The molecule has 2 rings (SSSR count). The van der Waals surface area contributed by atoms with Crippen LogP contribution in [0.15, 0.2) is 24.3 Å². The van der Waals surface area contributed by atoms with Crippen molar-refractivity contribution >= 4 is 35.4 Å². The molecule has 0 aromatic heterocycles. The molecule has 0 bridgehead atoms. The monoisotopic (exact) mass is 325 g/mol. The van der Waals surface area contributed by atoms with Gasteiger partial charge in [-0.1, -0.05) is 12.1 Å². The molecular formula is C15H19NO3S2. The van der Waals surface area contributed by atoms with Gasteiger partial charge in [-0.05, 0) is 30.5 Å². The zero-order valence-corrected chi connectivity index (χ0v) is 13.3. The Morgan fingerprint density at radius 1 is 1.14 bits per heavy atom. The quantitative estimate of drug-likeness (QED) is 0.754. The average Bonchev–Trinajstić information content (AvgIpc) is 3.01. The zero-order valence-electron chi connectivity index (χ0n) is 11.7. The lowest BCUT2D eigenvalue weighted by molar-refractivity contribution is -0.137. The van der Waals surface area contributed by atoms with E-state index in [0.29, 0.717) is 29.5 Å². The van der Waals surface area contributed by atoms with Crippen molar-refractivity contribution in [3.8, 4) is 0 Å². The summed E-state index contributed by atoms with van der Waals surface area (Å²) in [6, 6.07) is 7.77. The number of hydrogen-bond acceptors (Lipinski definition) is 4. The highest BCUT2D eigenvalue weighted by atomic mass is 32.2. The summed E-state index contributed by atoms with van der Waals surface area (Å²) in [6.45, 7) is 0.516. The van der Waals surface area contributed by atoms with Crippen LogP contribution in [0.5, 0.6) is 0 Å². The van der Waals surface area contributed by atoms with Crippen LogP contribution in [0.4, 0.5) is 0 Å². The molecule has 1 heterocycles. The number of carboxylic acids is 1. The molecule has 21 heavy (non-hydrogen) atoms. The van der Waals surface area contributed by atoms with Crippen molar-refractivity contribution < 1.29 is 14.7 Å². The van der Waals surface area contributed by atoms with Crippen LogP contribution in [0.3, 0.4) is 0 Å². The highest BCUT2D eigenvalue weighted by Crippen LogP contribution is 2.45. The largest absolute Gasteiger partial charge is 0.481 e. The fourth-order valence-electron chi connectivity index (χ4n) is 2.05. The number of unbranched alkanes of at least 4 members (excludes halogenated alkanes) is 1. The molecule has 0 atom stereocenters. The Hall–Kier alpha value is -1.14. The number of thioether (sulfide) groups is 2. The van der Waals surface area contributed by atoms with Crippen LogP contribution < -0.4 is 5.32 Å². The number of hydrogen-bond donors (Lipinski definition) is 2. The number of carboxylic acid groups (broad SMARTS) is 1. The van der Waals surface area contributed by atoms with Crippen molar-refractivity contribution in [2.75, 3.05) is 18.1 Å². The van der Waals surface area contributed by atoms with Gasteiger partial charge in [0.25, 0.3) is 5.91 Å². The second-order valence-corrected chi connectivity index (χ2v) is 7.53. The summed E-state index contributed by atoms with van der Waals surface area (Å²) in [7, 11) is 0. The lowest BCUT2D eigenvalue weighted by Crippen LogP contribution is -2.24. The Morgan fingerprint density at radius 2 is 1.81 bits per heavy atom. The first kappa shape index (κ1) is 16.2. The Bertz CT molecular complexity index is 484. The molecule has 1 aromatic rings. The van der Waals surface area contributed by atoms with Gasteiger partial charge in [0.05, 0.1) is 4.58 Å². The van der Waals surface area contributed by atoms with Crippen molar-refractivity contribution in [3.05, 3.63) is 35.4 Å². The predicted molar refractivity (Wildman–Crippen MR) is 87.9 cm³/mol. The highest BCUT2D eigenvalue weighted by Gasteiger charge is 2.18. The molecule has 0 unspecified atom stereocenters. The van der Waals surface area contributed by atoms with Crippen LogP contribution >= 0.6 is 23.5 Å². The van der Waals surface area contributed by atoms with E-state index >= 15 is 0 Å². The fraction of sp³-hybridized carbons (Fsp3) is 0.467. The van der Waals surface area contributed by atoms with Crippen LogP contribution in [-0.4, -0.2) is 35.0 Å². The van der Waals surface area contributed by atoms with Crippen molar-refractivity contribution in [3.63, 3.8) is 0 Å². The van der Waals surface area contributed by atoms with Gasteiger partial charge in [0.2, 0.25) is 0 Å². The summed E-state index contributed by atoms with van der Waals surface area (Å²) in [5.74, 6) is 1.49. The van der Waals surface area contributed by atoms with Crippen LogP contribution in [0.2, 0.25) is 0 Å². The summed E-state index contributed by atoms with van der Waals surface area (Å²) in [5.41, 5.74) is 1.92. The average molecular weight is 325 g/mol. The molecular weight excluding hydrogens is 306 g/mol. The van der Waals surface area contributed by atoms with E-state index in [2.05, 4.69) is 5.32 Å². The third kappa shape index (κ3) is 5.28. The van der Waals surface area contributed by atoms with Crippen molar-refractivity contribution in [1.29, 1.82) is 0 Å².